The van der Waals surface area contributed by atoms with Gasteiger partial charge in [-0.25, -0.2) is 0 Å². The summed E-state index contributed by atoms with van der Waals surface area (Å²) in [7, 11) is 0. The van der Waals surface area contributed by atoms with Crippen LogP contribution in [0.4, 0.5) is 0 Å². The number of hydrogen-bond donors (Lipinski definition) is 2. The lowest BCUT2D eigenvalue weighted by atomic mass is 10.0. The number of carbonyl (C=O) groups excluding carboxylic acids is 1. The first kappa shape index (κ1) is 15.4. The molecule has 0 spiro atoms. The van der Waals surface area contributed by atoms with Gasteiger partial charge in [0, 0.05) is 19.1 Å². The molecule has 4 heteroatoms. The molecular formula is C14H29N3O. The van der Waals surface area contributed by atoms with Crippen molar-refractivity contribution in [3.05, 3.63) is 0 Å². The summed E-state index contributed by atoms with van der Waals surface area (Å²) < 4.78 is 0. The van der Waals surface area contributed by atoms with Gasteiger partial charge in [-0.05, 0) is 45.1 Å². The number of hydrogen-bond acceptors (Lipinski definition) is 3. The van der Waals surface area contributed by atoms with Crippen molar-refractivity contribution >= 4 is 5.91 Å². The zero-order valence-electron chi connectivity index (χ0n) is 12.3. The number of nitrogens with two attached hydrogens (primary N) is 1. The Morgan fingerprint density at radius 1 is 1.39 bits per heavy atom. The molecule has 0 aromatic carbocycles. The van der Waals surface area contributed by atoms with E-state index in [0.717, 1.165) is 26.1 Å². The van der Waals surface area contributed by atoms with Gasteiger partial charge >= 0.3 is 0 Å². The number of nitrogens with zero attached hydrogens (tertiary/aromatic N) is 1. The van der Waals surface area contributed by atoms with Crippen molar-refractivity contribution in [1.82, 2.24) is 10.2 Å². The molecule has 2 atom stereocenters. The number of nitrogens with one attached hydrogen (secondary N) is 1. The van der Waals surface area contributed by atoms with E-state index in [0.29, 0.717) is 17.9 Å². The lowest BCUT2D eigenvalue weighted by Gasteiger charge is -2.20. The zero-order chi connectivity index (χ0) is 13.7. The van der Waals surface area contributed by atoms with Gasteiger partial charge in [-0.15, -0.1) is 0 Å². The Morgan fingerprint density at radius 3 is 2.56 bits per heavy atom. The lowest BCUT2D eigenvalue weighted by molar-refractivity contribution is -0.122. The molecule has 1 rings (SSSR count). The van der Waals surface area contributed by atoms with E-state index in [1.54, 1.807) is 0 Å². The quantitative estimate of drug-likeness (QED) is 0.750. The number of carbonyl (C=O) groups is 1. The number of rotatable bonds is 6. The highest BCUT2D eigenvalue weighted by Gasteiger charge is 2.25. The normalized spacial score (nSPS) is 22.7. The summed E-state index contributed by atoms with van der Waals surface area (Å²) in [5.41, 5.74) is 5.86. The molecule has 18 heavy (non-hydrogen) atoms. The summed E-state index contributed by atoms with van der Waals surface area (Å²) in [5, 5.41) is 3.00. The summed E-state index contributed by atoms with van der Waals surface area (Å²) in [6.07, 6.45) is 1.94. The maximum Gasteiger partial charge on any atom is 0.236 e. The van der Waals surface area contributed by atoms with E-state index in [4.69, 9.17) is 5.73 Å². The Morgan fingerprint density at radius 2 is 2.06 bits per heavy atom. The summed E-state index contributed by atoms with van der Waals surface area (Å²) in [4.78, 5) is 14.3. The van der Waals surface area contributed by atoms with Crippen LogP contribution in [-0.2, 0) is 4.79 Å². The van der Waals surface area contributed by atoms with Crippen LogP contribution in [0.25, 0.3) is 0 Å². The molecule has 1 aliphatic rings. The van der Waals surface area contributed by atoms with Crippen molar-refractivity contribution in [3.8, 4) is 0 Å². The molecule has 1 fully saturated rings. The van der Waals surface area contributed by atoms with Crippen LogP contribution in [0.5, 0.6) is 0 Å². The van der Waals surface area contributed by atoms with Crippen LogP contribution in [0.1, 0.15) is 40.5 Å². The summed E-state index contributed by atoms with van der Waals surface area (Å²) in [6.45, 7) is 11.6. The first-order valence-corrected chi connectivity index (χ1v) is 7.17. The van der Waals surface area contributed by atoms with Gasteiger partial charge in [-0.2, -0.15) is 0 Å². The molecule has 1 amide bonds. The minimum absolute atomic E-state index is 0.00620. The standard InChI is InChI=1S/C14H29N3O/c1-10(2)7-13(15)14(18)16-8-12-5-6-17(9-12)11(3)4/h10-13H,5-9,15H2,1-4H3,(H,16,18). The highest BCUT2D eigenvalue weighted by molar-refractivity contribution is 5.81. The van der Waals surface area contributed by atoms with Gasteiger partial charge in [0.15, 0.2) is 0 Å². The van der Waals surface area contributed by atoms with Crippen LogP contribution in [0.15, 0.2) is 0 Å². The van der Waals surface area contributed by atoms with E-state index in [-0.39, 0.29) is 11.9 Å². The predicted molar refractivity (Wildman–Crippen MR) is 75.3 cm³/mol. The van der Waals surface area contributed by atoms with E-state index in [9.17, 15) is 4.79 Å². The Balaban J connectivity index is 2.23. The SMILES string of the molecule is CC(C)CC(N)C(=O)NCC1CCN(C(C)C)C1. The third kappa shape index (κ3) is 4.94. The maximum atomic E-state index is 11.8. The molecule has 1 heterocycles. The van der Waals surface area contributed by atoms with Crippen LogP contribution in [0, 0.1) is 11.8 Å². The lowest BCUT2D eigenvalue weighted by Crippen LogP contribution is -2.43. The molecule has 0 radical (unpaired) electrons. The van der Waals surface area contributed by atoms with Crippen molar-refractivity contribution in [1.29, 1.82) is 0 Å². The Hall–Kier alpha value is -0.610. The molecule has 0 aliphatic carbocycles. The fraction of sp³-hybridized carbons (Fsp3) is 0.929. The predicted octanol–water partition coefficient (Wildman–Crippen LogP) is 1.21. The van der Waals surface area contributed by atoms with Gasteiger partial charge in [0.2, 0.25) is 5.91 Å². The topological polar surface area (TPSA) is 58.4 Å². The molecule has 0 aromatic heterocycles. The molecule has 1 aliphatic heterocycles. The van der Waals surface area contributed by atoms with Crippen molar-refractivity contribution in [2.45, 2.75) is 52.6 Å². The second-order valence-electron chi connectivity index (χ2n) is 6.22. The van der Waals surface area contributed by atoms with Crippen LogP contribution in [-0.4, -0.2) is 42.5 Å². The van der Waals surface area contributed by atoms with Gasteiger partial charge in [0.05, 0.1) is 6.04 Å². The molecule has 106 valence electrons. The van der Waals surface area contributed by atoms with E-state index in [2.05, 4.69) is 37.9 Å². The molecule has 3 N–H and O–H groups in total. The Labute approximate surface area is 111 Å². The summed E-state index contributed by atoms with van der Waals surface area (Å²) in [5.74, 6) is 1.06. The number of likely N-dealkylation sites (tertiary alicyclic amines) is 1. The van der Waals surface area contributed by atoms with Crippen LogP contribution >= 0.6 is 0 Å². The average molecular weight is 255 g/mol. The van der Waals surface area contributed by atoms with E-state index in [1.807, 2.05) is 0 Å². The average Bonchev–Trinajstić information content (AvgIpc) is 2.73. The first-order valence-electron chi connectivity index (χ1n) is 7.17. The highest BCUT2D eigenvalue weighted by Crippen LogP contribution is 2.17. The van der Waals surface area contributed by atoms with Crippen LogP contribution < -0.4 is 11.1 Å². The minimum atomic E-state index is -0.354. The number of amides is 1. The Kier molecular flexibility index (Phi) is 6.09. The first-order chi connectivity index (χ1) is 8.40. The molecule has 0 bridgehead atoms. The van der Waals surface area contributed by atoms with Gasteiger partial charge < -0.3 is 16.0 Å². The zero-order valence-corrected chi connectivity index (χ0v) is 12.3. The van der Waals surface area contributed by atoms with Crippen molar-refractivity contribution < 1.29 is 4.79 Å². The highest BCUT2D eigenvalue weighted by atomic mass is 16.2. The monoisotopic (exact) mass is 255 g/mol. The summed E-state index contributed by atoms with van der Waals surface area (Å²) in [6, 6.07) is 0.251. The van der Waals surface area contributed by atoms with Gasteiger partial charge in [0.25, 0.3) is 0 Å². The Bertz CT molecular complexity index is 266. The van der Waals surface area contributed by atoms with E-state index < -0.39 is 0 Å². The molecular weight excluding hydrogens is 226 g/mol. The molecule has 0 aromatic rings. The van der Waals surface area contributed by atoms with Gasteiger partial charge in [-0.3, -0.25) is 4.79 Å². The van der Waals surface area contributed by atoms with Crippen LogP contribution in [0.2, 0.25) is 0 Å². The van der Waals surface area contributed by atoms with Crippen molar-refractivity contribution in [3.63, 3.8) is 0 Å². The van der Waals surface area contributed by atoms with E-state index in [1.165, 1.54) is 6.42 Å². The largest absolute Gasteiger partial charge is 0.354 e. The van der Waals surface area contributed by atoms with Crippen molar-refractivity contribution in [2.75, 3.05) is 19.6 Å². The van der Waals surface area contributed by atoms with Gasteiger partial charge in [0.1, 0.15) is 0 Å². The second kappa shape index (κ2) is 7.10. The van der Waals surface area contributed by atoms with Crippen molar-refractivity contribution in [2.24, 2.45) is 17.6 Å². The van der Waals surface area contributed by atoms with E-state index >= 15 is 0 Å². The maximum absolute atomic E-state index is 11.8. The molecule has 0 saturated carbocycles. The fourth-order valence-electron chi connectivity index (χ4n) is 2.49. The minimum Gasteiger partial charge on any atom is -0.354 e. The fourth-order valence-corrected chi connectivity index (χ4v) is 2.49. The molecule has 4 nitrogen and oxygen atoms in total. The summed E-state index contributed by atoms with van der Waals surface area (Å²) >= 11 is 0. The smallest absolute Gasteiger partial charge is 0.236 e. The second-order valence-corrected chi connectivity index (χ2v) is 6.22. The third-order valence-corrected chi connectivity index (χ3v) is 3.67. The van der Waals surface area contributed by atoms with Crippen LogP contribution in [0.3, 0.4) is 0 Å². The van der Waals surface area contributed by atoms with Gasteiger partial charge in [-0.1, -0.05) is 13.8 Å². The molecule has 2 unspecified atom stereocenters. The molecule has 1 saturated heterocycles. The third-order valence-electron chi connectivity index (χ3n) is 3.67.